The van der Waals surface area contributed by atoms with Gasteiger partial charge in [-0.25, -0.2) is 0 Å². The highest BCUT2D eigenvalue weighted by atomic mass is 15.1. The SMILES string of the molecule is CCN1CCC(C(N)CNC2CCCC2)CC1. The van der Waals surface area contributed by atoms with Gasteiger partial charge in [-0.1, -0.05) is 19.8 Å². The topological polar surface area (TPSA) is 41.3 Å². The van der Waals surface area contributed by atoms with Crippen LogP contribution >= 0.6 is 0 Å². The van der Waals surface area contributed by atoms with Gasteiger partial charge < -0.3 is 16.0 Å². The van der Waals surface area contributed by atoms with Crippen molar-refractivity contribution >= 4 is 0 Å². The van der Waals surface area contributed by atoms with Gasteiger partial charge >= 0.3 is 0 Å². The maximum absolute atomic E-state index is 6.33. The summed E-state index contributed by atoms with van der Waals surface area (Å²) in [6.45, 7) is 6.97. The van der Waals surface area contributed by atoms with Crippen molar-refractivity contribution in [3.63, 3.8) is 0 Å². The molecule has 1 aliphatic heterocycles. The summed E-state index contributed by atoms with van der Waals surface area (Å²) in [5, 5.41) is 3.67. The van der Waals surface area contributed by atoms with Gasteiger partial charge in [0, 0.05) is 18.6 Å². The van der Waals surface area contributed by atoms with E-state index in [1.807, 2.05) is 0 Å². The lowest BCUT2D eigenvalue weighted by atomic mass is 9.89. The van der Waals surface area contributed by atoms with Crippen molar-refractivity contribution in [2.24, 2.45) is 11.7 Å². The molecule has 0 radical (unpaired) electrons. The first-order chi connectivity index (χ1) is 8.29. The van der Waals surface area contributed by atoms with Crippen LogP contribution in [0.25, 0.3) is 0 Å². The highest BCUT2D eigenvalue weighted by molar-refractivity contribution is 4.83. The predicted octanol–water partition coefficient (Wildman–Crippen LogP) is 1.58. The molecular weight excluding hydrogens is 210 g/mol. The molecule has 1 atom stereocenters. The second-order valence-electron chi connectivity index (χ2n) is 5.83. The average molecular weight is 239 g/mol. The average Bonchev–Trinajstić information content (AvgIpc) is 2.89. The van der Waals surface area contributed by atoms with E-state index in [4.69, 9.17) is 5.73 Å². The summed E-state index contributed by atoms with van der Waals surface area (Å²) in [4.78, 5) is 2.54. The summed E-state index contributed by atoms with van der Waals surface area (Å²) in [6.07, 6.45) is 8.12. The molecule has 1 aliphatic carbocycles. The van der Waals surface area contributed by atoms with Crippen molar-refractivity contribution in [1.82, 2.24) is 10.2 Å². The van der Waals surface area contributed by atoms with Crippen molar-refractivity contribution < 1.29 is 0 Å². The Kier molecular flexibility index (Phi) is 5.26. The molecule has 0 amide bonds. The fourth-order valence-electron chi connectivity index (χ4n) is 3.30. The lowest BCUT2D eigenvalue weighted by Crippen LogP contribution is -2.47. The molecule has 3 heteroatoms. The van der Waals surface area contributed by atoms with Gasteiger partial charge in [-0.15, -0.1) is 0 Å². The van der Waals surface area contributed by atoms with E-state index < -0.39 is 0 Å². The Morgan fingerprint density at radius 3 is 2.41 bits per heavy atom. The third-order valence-electron chi connectivity index (χ3n) is 4.68. The van der Waals surface area contributed by atoms with Crippen LogP contribution in [0.5, 0.6) is 0 Å². The molecule has 17 heavy (non-hydrogen) atoms. The summed E-state index contributed by atoms with van der Waals surface area (Å²) >= 11 is 0. The Morgan fingerprint density at radius 2 is 1.82 bits per heavy atom. The maximum Gasteiger partial charge on any atom is 0.0194 e. The lowest BCUT2D eigenvalue weighted by molar-refractivity contribution is 0.173. The van der Waals surface area contributed by atoms with Crippen LogP contribution in [-0.2, 0) is 0 Å². The molecule has 3 N–H and O–H groups in total. The number of nitrogens with one attached hydrogen (secondary N) is 1. The van der Waals surface area contributed by atoms with E-state index in [1.165, 1.54) is 58.2 Å². The number of hydrogen-bond donors (Lipinski definition) is 2. The second kappa shape index (κ2) is 6.72. The standard InChI is InChI=1S/C14H29N3/c1-2-17-9-7-12(8-10-17)14(15)11-16-13-5-3-4-6-13/h12-14,16H,2-11,15H2,1H3. The van der Waals surface area contributed by atoms with Crippen molar-refractivity contribution in [3.8, 4) is 0 Å². The van der Waals surface area contributed by atoms with Gasteiger partial charge in [0.2, 0.25) is 0 Å². The highest BCUT2D eigenvalue weighted by Crippen LogP contribution is 2.21. The fraction of sp³-hybridized carbons (Fsp3) is 1.00. The molecule has 1 unspecified atom stereocenters. The maximum atomic E-state index is 6.33. The first kappa shape index (κ1) is 13.3. The molecule has 0 aromatic carbocycles. The first-order valence-electron chi connectivity index (χ1n) is 7.51. The van der Waals surface area contributed by atoms with Crippen LogP contribution in [0.1, 0.15) is 45.4 Å². The van der Waals surface area contributed by atoms with Crippen molar-refractivity contribution in [1.29, 1.82) is 0 Å². The number of nitrogens with zero attached hydrogens (tertiary/aromatic N) is 1. The van der Waals surface area contributed by atoms with Crippen molar-refractivity contribution in [3.05, 3.63) is 0 Å². The molecule has 1 saturated heterocycles. The number of rotatable bonds is 5. The Bertz CT molecular complexity index is 206. The first-order valence-corrected chi connectivity index (χ1v) is 7.51. The lowest BCUT2D eigenvalue weighted by Gasteiger charge is -2.34. The van der Waals surface area contributed by atoms with Gasteiger partial charge in [0.25, 0.3) is 0 Å². The Morgan fingerprint density at radius 1 is 1.18 bits per heavy atom. The second-order valence-corrected chi connectivity index (χ2v) is 5.83. The van der Waals surface area contributed by atoms with Crippen molar-refractivity contribution in [2.45, 2.75) is 57.5 Å². The molecule has 0 aromatic heterocycles. The summed E-state index contributed by atoms with van der Waals surface area (Å²) in [6, 6.07) is 1.13. The van der Waals surface area contributed by atoms with Gasteiger partial charge in [-0.3, -0.25) is 0 Å². The van der Waals surface area contributed by atoms with Gasteiger partial charge in [0.1, 0.15) is 0 Å². The van der Waals surface area contributed by atoms with Crippen LogP contribution < -0.4 is 11.1 Å². The molecule has 2 aliphatic rings. The molecule has 100 valence electrons. The smallest absolute Gasteiger partial charge is 0.0194 e. The molecule has 0 bridgehead atoms. The zero-order valence-corrected chi connectivity index (χ0v) is 11.3. The molecule has 2 rings (SSSR count). The zero-order chi connectivity index (χ0) is 12.1. The van der Waals surface area contributed by atoms with Crippen LogP contribution in [0, 0.1) is 5.92 Å². The van der Waals surface area contributed by atoms with E-state index in [2.05, 4.69) is 17.1 Å². The minimum atomic E-state index is 0.370. The molecule has 0 aromatic rings. The Labute approximate surface area is 106 Å². The summed E-state index contributed by atoms with van der Waals surface area (Å²) in [5.41, 5.74) is 6.33. The predicted molar refractivity (Wildman–Crippen MR) is 73.1 cm³/mol. The molecule has 3 nitrogen and oxygen atoms in total. The minimum Gasteiger partial charge on any atom is -0.326 e. The Balaban J connectivity index is 1.64. The quantitative estimate of drug-likeness (QED) is 0.765. The number of piperidine rings is 1. The van der Waals surface area contributed by atoms with Crippen LogP contribution in [-0.4, -0.2) is 43.2 Å². The molecular formula is C14H29N3. The third kappa shape index (κ3) is 3.94. The van der Waals surface area contributed by atoms with Gasteiger partial charge in [0.15, 0.2) is 0 Å². The molecule has 0 spiro atoms. The van der Waals surface area contributed by atoms with Gasteiger partial charge in [0.05, 0.1) is 0 Å². The highest BCUT2D eigenvalue weighted by Gasteiger charge is 2.24. The van der Waals surface area contributed by atoms with Crippen LogP contribution in [0.4, 0.5) is 0 Å². The van der Waals surface area contributed by atoms with Gasteiger partial charge in [-0.2, -0.15) is 0 Å². The summed E-state index contributed by atoms with van der Waals surface area (Å²) < 4.78 is 0. The molecule has 2 fully saturated rings. The summed E-state index contributed by atoms with van der Waals surface area (Å²) in [5.74, 6) is 0.742. The van der Waals surface area contributed by atoms with Crippen LogP contribution in [0.15, 0.2) is 0 Å². The number of hydrogen-bond acceptors (Lipinski definition) is 3. The zero-order valence-electron chi connectivity index (χ0n) is 11.3. The van der Waals surface area contributed by atoms with Gasteiger partial charge in [-0.05, 0) is 51.2 Å². The van der Waals surface area contributed by atoms with E-state index in [1.54, 1.807) is 0 Å². The fourth-order valence-corrected chi connectivity index (χ4v) is 3.30. The third-order valence-corrected chi connectivity index (χ3v) is 4.68. The van der Waals surface area contributed by atoms with E-state index in [0.717, 1.165) is 18.5 Å². The van der Waals surface area contributed by atoms with E-state index >= 15 is 0 Å². The van der Waals surface area contributed by atoms with E-state index in [9.17, 15) is 0 Å². The normalized spacial score (nSPS) is 26.5. The number of nitrogens with two attached hydrogens (primary N) is 1. The Hall–Kier alpha value is -0.120. The largest absolute Gasteiger partial charge is 0.326 e. The monoisotopic (exact) mass is 239 g/mol. The molecule has 1 heterocycles. The van der Waals surface area contributed by atoms with E-state index in [0.29, 0.717) is 6.04 Å². The van der Waals surface area contributed by atoms with Crippen LogP contribution in [0.2, 0.25) is 0 Å². The minimum absolute atomic E-state index is 0.370. The van der Waals surface area contributed by atoms with E-state index in [-0.39, 0.29) is 0 Å². The molecule has 1 saturated carbocycles. The number of likely N-dealkylation sites (tertiary alicyclic amines) is 1. The summed E-state index contributed by atoms with van der Waals surface area (Å²) in [7, 11) is 0. The van der Waals surface area contributed by atoms with Crippen LogP contribution in [0.3, 0.4) is 0 Å². The van der Waals surface area contributed by atoms with Crippen molar-refractivity contribution in [2.75, 3.05) is 26.2 Å².